The molecule has 0 amide bonds. The van der Waals surface area contributed by atoms with Crippen molar-refractivity contribution >= 4 is 0 Å². The van der Waals surface area contributed by atoms with Crippen molar-refractivity contribution in [3.05, 3.63) is 0 Å². The predicted molar refractivity (Wildman–Crippen MR) is 91.9 cm³/mol. The zero-order valence-corrected chi connectivity index (χ0v) is 14.6. The summed E-state index contributed by atoms with van der Waals surface area (Å²) in [5, 5.41) is 3.74. The van der Waals surface area contributed by atoms with Gasteiger partial charge >= 0.3 is 0 Å². The van der Waals surface area contributed by atoms with Crippen LogP contribution in [0.4, 0.5) is 0 Å². The van der Waals surface area contributed by atoms with E-state index in [2.05, 4.69) is 35.9 Å². The number of nitrogens with zero attached hydrogens (tertiary/aromatic N) is 2. The Hall–Kier alpha value is -0.120. The van der Waals surface area contributed by atoms with E-state index < -0.39 is 0 Å². The van der Waals surface area contributed by atoms with Gasteiger partial charge in [0.2, 0.25) is 0 Å². The summed E-state index contributed by atoms with van der Waals surface area (Å²) in [6.45, 7) is 13.2. The van der Waals surface area contributed by atoms with Gasteiger partial charge in [-0.05, 0) is 32.2 Å². The highest BCUT2D eigenvalue weighted by Gasteiger charge is 2.31. The van der Waals surface area contributed by atoms with Crippen LogP contribution in [0.15, 0.2) is 0 Å². The first-order valence-electron chi connectivity index (χ1n) is 9.51. The van der Waals surface area contributed by atoms with Gasteiger partial charge in [0.1, 0.15) is 0 Å². The lowest BCUT2D eigenvalue weighted by Crippen LogP contribution is -2.57. The summed E-state index contributed by atoms with van der Waals surface area (Å²) < 4.78 is 0. The molecule has 0 aromatic rings. The van der Waals surface area contributed by atoms with Crippen LogP contribution in [0.2, 0.25) is 0 Å². The van der Waals surface area contributed by atoms with Crippen LogP contribution in [0, 0.1) is 0 Å². The Morgan fingerprint density at radius 1 is 1.00 bits per heavy atom. The van der Waals surface area contributed by atoms with E-state index in [0.717, 1.165) is 18.6 Å². The van der Waals surface area contributed by atoms with E-state index in [9.17, 15) is 0 Å². The molecular formula is C18H37N3. The van der Waals surface area contributed by atoms with E-state index in [1.165, 1.54) is 71.1 Å². The summed E-state index contributed by atoms with van der Waals surface area (Å²) in [6.07, 6.45) is 9.70. The zero-order valence-electron chi connectivity index (χ0n) is 14.6. The topological polar surface area (TPSA) is 18.5 Å². The average Bonchev–Trinajstić information content (AvgIpc) is 3.03. The second kappa shape index (κ2) is 9.12. The molecule has 2 aliphatic rings. The second-order valence-corrected chi connectivity index (χ2v) is 6.94. The second-order valence-electron chi connectivity index (χ2n) is 6.94. The predicted octanol–water partition coefficient (Wildman–Crippen LogP) is 3.10. The molecule has 1 N–H and O–H groups in total. The first-order chi connectivity index (χ1) is 10.3. The number of nitrogens with one attached hydrogen (secondary N) is 1. The fraction of sp³-hybridized carbons (Fsp3) is 1.00. The maximum Gasteiger partial charge on any atom is 0.0247 e. The molecule has 21 heavy (non-hydrogen) atoms. The molecule has 1 aliphatic carbocycles. The Balaban J connectivity index is 1.85. The Labute approximate surface area is 132 Å². The first kappa shape index (κ1) is 17.2. The minimum absolute atomic E-state index is 0.683. The molecule has 0 spiro atoms. The largest absolute Gasteiger partial charge is 0.313 e. The van der Waals surface area contributed by atoms with E-state index in [1.807, 2.05) is 0 Å². The highest BCUT2D eigenvalue weighted by molar-refractivity contribution is 4.88. The third-order valence-electron chi connectivity index (χ3n) is 5.61. The molecule has 124 valence electrons. The molecule has 2 atom stereocenters. The molecule has 0 aromatic carbocycles. The van der Waals surface area contributed by atoms with Gasteiger partial charge in [0.05, 0.1) is 0 Å². The summed E-state index contributed by atoms with van der Waals surface area (Å²) in [4.78, 5) is 5.55. The van der Waals surface area contributed by atoms with Gasteiger partial charge in [-0.1, -0.05) is 40.0 Å². The Bertz CT molecular complexity index is 262. The van der Waals surface area contributed by atoms with Crippen molar-refractivity contribution in [2.24, 2.45) is 0 Å². The maximum atomic E-state index is 3.74. The summed E-state index contributed by atoms with van der Waals surface area (Å²) in [7, 11) is 0. The van der Waals surface area contributed by atoms with Crippen LogP contribution in [0.1, 0.15) is 65.7 Å². The lowest BCUT2D eigenvalue weighted by Gasteiger charge is -2.44. The van der Waals surface area contributed by atoms with Crippen LogP contribution in [0.5, 0.6) is 0 Å². The van der Waals surface area contributed by atoms with Gasteiger partial charge in [0.15, 0.2) is 0 Å². The molecule has 2 unspecified atom stereocenters. The maximum absolute atomic E-state index is 3.74. The minimum atomic E-state index is 0.683. The number of piperazine rings is 1. The standard InChI is InChI=1S/C18H37N3/c1-4-9-17(19-6-3)18(5-2)21-14-12-20(13-15-21)16-10-7-8-11-16/h16-19H,4-15H2,1-3H3. The first-order valence-corrected chi connectivity index (χ1v) is 9.51. The number of hydrogen-bond acceptors (Lipinski definition) is 3. The molecule has 3 heteroatoms. The fourth-order valence-corrected chi connectivity index (χ4v) is 4.50. The zero-order chi connectivity index (χ0) is 15.1. The van der Waals surface area contributed by atoms with Crippen LogP contribution in [-0.4, -0.2) is 60.6 Å². The molecule has 1 saturated heterocycles. The number of likely N-dealkylation sites (N-methyl/N-ethyl adjacent to an activating group) is 1. The molecule has 1 aliphatic heterocycles. The number of rotatable bonds is 8. The fourth-order valence-electron chi connectivity index (χ4n) is 4.50. The monoisotopic (exact) mass is 295 g/mol. The average molecular weight is 296 g/mol. The van der Waals surface area contributed by atoms with E-state index >= 15 is 0 Å². The van der Waals surface area contributed by atoms with Crippen molar-refractivity contribution in [1.29, 1.82) is 0 Å². The number of hydrogen-bond donors (Lipinski definition) is 1. The summed E-state index contributed by atoms with van der Waals surface area (Å²) in [5.41, 5.74) is 0. The van der Waals surface area contributed by atoms with Gasteiger partial charge in [-0.3, -0.25) is 9.80 Å². The Morgan fingerprint density at radius 3 is 2.19 bits per heavy atom. The minimum Gasteiger partial charge on any atom is -0.313 e. The van der Waals surface area contributed by atoms with Gasteiger partial charge in [0, 0.05) is 44.3 Å². The summed E-state index contributed by atoms with van der Waals surface area (Å²) >= 11 is 0. The van der Waals surface area contributed by atoms with Crippen molar-refractivity contribution in [3.63, 3.8) is 0 Å². The molecular weight excluding hydrogens is 258 g/mol. The summed E-state index contributed by atoms with van der Waals surface area (Å²) in [6, 6.07) is 2.33. The SMILES string of the molecule is CCCC(NCC)C(CC)N1CCN(C2CCCC2)CC1. The molecule has 0 radical (unpaired) electrons. The van der Waals surface area contributed by atoms with Crippen molar-refractivity contribution in [3.8, 4) is 0 Å². The van der Waals surface area contributed by atoms with Crippen LogP contribution >= 0.6 is 0 Å². The molecule has 1 saturated carbocycles. The molecule has 2 fully saturated rings. The third kappa shape index (κ3) is 4.67. The Kier molecular flexibility index (Phi) is 7.48. The van der Waals surface area contributed by atoms with Gasteiger partial charge in [0.25, 0.3) is 0 Å². The van der Waals surface area contributed by atoms with Gasteiger partial charge in [-0.25, -0.2) is 0 Å². The molecule has 1 heterocycles. The lowest BCUT2D eigenvalue weighted by molar-refractivity contribution is 0.0543. The van der Waals surface area contributed by atoms with Crippen LogP contribution in [0.25, 0.3) is 0 Å². The van der Waals surface area contributed by atoms with Crippen LogP contribution in [0.3, 0.4) is 0 Å². The van der Waals surface area contributed by atoms with Gasteiger partial charge < -0.3 is 5.32 Å². The molecule has 2 rings (SSSR count). The van der Waals surface area contributed by atoms with Crippen molar-refractivity contribution < 1.29 is 0 Å². The quantitative estimate of drug-likeness (QED) is 0.742. The van der Waals surface area contributed by atoms with Gasteiger partial charge in [-0.15, -0.1) is 0 Å². The van der Waals surface area contributed by atoms with Crippen molar-refractivity contribution in [2.45, 2.75) is 83.8 Å². The van der Waals surface area contributed by atoms with Crippen LogP contribution < -0.4 is 5.32 Å². The van der Waals surface area contributed by atoms with Crippen molar-refractivity contribution in [2.75, 3.05) is 32.7 Å². The third-order valence-corrected chi connectivity index (χ3v) is 5.61. The van der Waals surface area contributed by atoms with E-state index in [1.54, 1.807) is 0 Å². The normalized spacial score (nSPS) is 25.3. The smallest absolute Gasteiger partial charge is 0.0247 e. The van der Waals surface area contributed by atoms with E-state index in [4.69, 9.17) is 0 Å². The molecule has 3 nitrogen and oxygen atoms in total. The summed E-state index contributed by atoms with van der Waals surface area (Å²) in [5.74, 6) is 0. The lowest BCUT2D eigenvalue weighted by atomic mass is 9.98. The van der Waals surface area contributed by atoms with E-state index in [0.29, 0.717) is 6.04 Å². The Morgan fingerprint density at radius 2 is 1.67 bits per heavy atom. The highest BCUT2D eigenvalue weighted by atomic mass is 15.3. The molecule has 0 aromatic heterocycles. The van der Waals surface area contributed by atoms with Crippen LogP contribution in [-0.2, 0) is 0 Å². The highest BCUT2D eigenvalue weighted by Crippen LogP contribution is 2.25. The van der Waals surface area contributed by atoms with Gasteiger partial charge in [-0.2, -0.15) is 0 Å². The van der Waals surface area contributed by atoms with Crippen molar-refractivity contribution in [1.82, 2.24) is 15.1 Å². The van der Waals surface area contributed by atoms with E-state index in [-0.39, 0.29) is 0 Å². The molecule has 0 bridgehead atoms.